The van der Waals surface area contributed by atoms with Crippen molar-refractivity contribution in [2.24, 2.45) is 11.0 Å². The van der Waals surface area contributed by atoms with Gasteiger partial charge in [0.05, 0.1) is 5.71 Å². The van der Waals surface area contributed by atoms with Crippen molar-refractivity contribution in [1.29, 1.82) is 0 Å². The van der Waals surface area contributed by atoms with Gasteiger partial charge in [-0.05, 0) is 17.7 Å². The van der Waals surface area contributed by atoms with Crippen LogP contribution in [0.5, 0.6) is 0 Å². The third-order valence-electron chi connectivity index (χ3n) is 2.47. The molecular weight excluding hydrogens is 444 g/mol. The molecule has 1 aromatic carbocycles. The van der Waals surface area contributed by atoms with Crippen LogP contribution in [0.15, 0.2) is 29.4 Å². The number of hydrazone groups is 1. The first kappa shape index (κ1) is 14.7. The molecule has 1 aliphatic rings. The SMILES string of the molecule is CC1CC(=O)NN=C1c1ccc(N)cc1.II. The number of carbonyl (C=O) groups is 1. The van der Waals surface area contributed by atoms with E-state index in [0.717, 1.165) is 17.0 Å². The third kappa shape index (κ3) is 4.09. The van der Waals surface area contributed by atoms with Crippen molar-refractivity contribution in [3.63, 3.8) is 0 Å². The van der Waals surface area contributed by atoms with Crippen molar-refractivity contribution in [3.8, 4) is 0 Å². The van der Waals surface area contributed by atoms with Crippen LogP contribution in [0.2, 0.25) is 0 Å². The molecular formula is C11H13I2N3O. The van der Waals surface area contributed by atoms with E-state index >= 15 is 0 Å². The Bertz CT molecular complexity index is 417. The number of anilines is 1. The molecule has 1 amide bonds. The predicted molar refractivity (Wildman–Crippen MR) is 87.4 cm³/mol. The Morgan fingerprint density at radius 2 is 1.94 bits per heavy atom. The van der Waals surface area contributed by atoms with Gasteiger partial charge in [-0.25, -0.2) is 5.43 Å². The third-order valence-corrected chi connectivity index (χ3v) is 2.47. The van der Waals surface area contributed by atoms with E-state index in [1.807, 2.05) is 31.2 Å². The maximum atomic E-state index is 11.1. The van der Waals surface area contributed by atoms with Gasteiger partial charge in [-0.3, -0.25) is 4.79 Å². The number of rotatable bonds is 1. The molecule has 17 heavy (non-hydrogen) atoms. The van der Waals surface area contributed by atoms with Gasteiger partial charge in [0.2, 0.25) is 5.91 Å². The van der Waals surface area contributed by atoms with E-state index < -0.39 is 0 Å². The summed E-state index contributed by atoms with van der Waals surface area (Å²) in [7, 11) is 0. The average Bonchev–Trinajstić information content (AvgIpc) is 2.33. The summed E-state index contributed by atoms with van der Waals surface area (Å²) in [5, 5.41) is 4.07. The molecule has 4 nitrogen and oxygen atoms in total. The molecule has 0 aromatic heterocycles. The van der Waals surface area contributed by atoms with Gasteiger partial charge >= 0.3 is 0 Å². The highest BCUT2D eigenvalue weighted by Crippen LogP contribution is 2.17. The van der Waals surface area contributed by atoms with Gasteiger partial charge in [-0.2, -0.15) is 5.10 Å². The first-order valence-corrected chi connectivity index (χ1v) is 11.3. The first-order chi connectivity index (χ1) is 8.16. The van der Waals surface area contributed by atoms with Gasteiger partial charge in [0.15, 0.2) is 0 Å². The van der Waals surface area contributed by atoms with E-state index in [1.54, 1.807) is 0 Å². The molecule has 92 valence electrons. The molecule has 0 radical (unpaired) electrons. The number of nitrogens with two attached hydrogens (primary N) is 1. The quantitative estimate of drug-likeness (QED) is 0.504. The van der Waals surface area contributed by atoms with E-state index in [0.29, 0.717) is 6.42 Å². The largest absolute Gasteiger partial charge is 0.399 e. The van der Waals surface area contributed by atoms with Crippen LogP contribution in [0, 0.1) is 5.92 Å². The first-order valence-electron chi connectivity index (χ1n) is 5.03. The van der Waals surface area contributed by atoms with Gasteiger partial charge in [-0.15, -0.1) is 0 Å². The summed E-state index contributed by atoms with van der Waals surface area (Å²) in [6, 6.07) is 7.51. The van der Waals surface area contributed by atoms with Crippen molar-refractivity contribution >= 4 is 54.5 Å². The average molecular weight is 457 g/mol. The molecule has 1 unspecified atom stereocenters. The van der Waals surface area contributed by atoms with Crippen LogP contribution >= 0.6 is 37.2 Å². The van der Waals surface area contributed by atoms with Crippen LogP contribution in [0.4, 0.5) is 5.69 Å². The fourth-order valence-corrected chi connectivity index (χ4v) is 1.66. The fraction of sp³-hybridized carbons (Fsp3) is 0.273. The number of benzene rings is 1. The van der Waals surface area contributed by atoms with E-state index in [-0.39, 0.29) is 11.8 Å². The summed E-state index contributed by atoms with van der Waals surface area (Å²) in [6.07, 6.45) is 0.489. The highest BCUT2D eigenvalue weighted by molar-refractivity contribution is 15.0. The van der Waals surface area contributed by atoms with Crippen LogP contribution in [0.25, 0.3) is 0 Å². The fourth-order valence-electron chi connectivity index (χ4n) is 1.66. The lowest BCUT2D eigenvalue weighted by Crippen LogP contribution is -2.31. The second-order valence-electron chi connectivity index (χ2n) is 3.76. The zero-order valence-electron chi connectivity index (χ0n) is 9.28. The highest BCUT2D eigenvalue weighted by atomic mass is 128. The highest BCUT2D eigenvalue weighted by Gasteiger charge is 2.21. The monoisotopic (exact) mass is 457 g/mol. The standard InChI is InChI=1S/C11H13N3O.I2/c1-7-6-10(15)13-14-11(7)8-2-4-9(12)5-3-8;1-2/h2-5,7H,6,12H2,1H3,(H,13,15);. The van der Waals surface area contributed by atoms with Crippen molar-refractivity contribution in [3.05, 3.63) is 29.8 Å². The second-order valence-corrected chi connectivity index (χ2v) is 3.76. The van der Waals surface area contributed by atoms with Crippen LogP contribution in [-0.4, -0.2) is 11.6 Å². The number of hydrogen-bond acceptors (Lipinski definition) is 3. The Hall–Kier alpha value is -0.380. The molecule has 0 spiro atoms. The number of amides is 1. The van der Waals surface area contributed by atoms with Gasteiger partial charge in [-0.1, -0.05) is 19.1 Å². The Kier molecular flexibility index (Phi) is 6.17. The van der Waals surface area contributed by atoms with E-state index in [4.69, 9.17) is 5.73 Å². The van der Waals surface area contributed by atoms with Gasteiger partial charge in [0.1, 0.15) is 0 Å². The number of nitrogens with zero attached hydrogens (tertiary/aromatic N) is 1. The zero-order chi connectivity index (χ0) is 12.8. The van der Waals surface area contributed by atoms with Crippen LogP contribution < -0.4 is 11.2 Å². The van der Waals surface area contributed by atoms with Crippen molar-refractivity contribution in [1.82, 2.24) is 5.43 Å². The maximum absolute atomic E-state index is 11.1. The van der Waals surface area contributed by atoms with E-state index in [1.165, 1.54) is 0 Å². The topological polar surface area (TPSA) is 67.5 Å². The van der Waals surface area contributed by atoms with Crippen LogP contribution in [0.3, 0.4) is 0 Å². The van der Waals surface area contributed by atoms with E-state index in [2.05, 4.69) is 47.8 Å². The number of nitrogen functional groups attached to an aromatic ring is 1. The number of nitrogens with one attached hydrogen (secondary N) is 1. The maximum Gasteiger partial charge on any atom is 0.240 e. The second kappa shape index (κ2) is 7.14. The molecule has 0 bridgehead atoms. The van der Waals surface area contributed by atoms with Crippen LogP contribution in [0.1, 0.15) is 18.9 Å². The van der Waals surface area contributed by atoms with Gasteiger partial charge < -0.3 is 5.73 Å². The van der Waals surface area contributed by atoms with Gasteiger partial charge in [0, 0.05) is 55.3 Å². The lowest BCUT2D eigenvalue weighted by Gasteiger charge is -2.19. The summed E-state index contributed by atoms with van der Waals surface area (Å²) < 4.78 is 0. The molecule has 0 aliphatic carbocycles. The Morgan fingerprint density at radius 3 is 2.47 bits per heavy atom. The molecule has 3 N–H and O–H groups in total. The Balaban J connectivity index is 0.000000686. The van der Waals surface area contributed by atoms with Crippen molar-refractivity contribution in [2.75, 3.05) is 5.73 Å². The molecule has 6 heteroatoms. The number of hydrogen-bond donors (Lipinski definition) is 2. The molecule has 0 saturated heterocycles. The smallest absolute Gasteiger partial charge is 0.240 e. The molecule has 1 aromatic rings. The summed E-state index contributed by atoms with van der Waals surface area (Å²) in [6.45, 7) is 1.99. The summed E-state index contributed by atoms with van der Waals surface area (Å²) >= 11 is 4.24. The molecule has 0 fully saturated rings. The summed E-state index contributed by atoms with van der Waals surface area (Å²) in [4.78, 5) is 11.1. The summed E-state index contributed by atoms with van der Waals surface area (Å²) in [5.74, 6) is 0.129. The predicted octanol–water partition coefficient (Wildman–Crippen LogP) is 2.90. The molecule has 2 rings (SSSR count). The minimum Gasteiger partial charge on any atom is -0.399 e. The zero-order valence-corrected chi connectivity index (χ0v) is 13.6. The lowest BCUT2D eigenvalue weighted by molar-refractivity contribution is -0.121. The van der Waals surface area contributed by atoms with Crippen LogP contribution in [-0.2, 0) is 4.79 Å². The van der Waals surface area contributed by atoms with Crippen molar-refractivity contribution in [2.45, 2.75) is 13.3 Å². The lowest BCUT2D eigenvalue weighted by atomic mass is 9.94. The minimum atomic E-state index is -0.0262. The van der Waals surface area contributed by atoms with E-state index in [9.17, 15) is 4.79 Å². The molecule has 1 atom stereocenters. The number of carbonyl (C=O) groups excluding carboxylic acids is 1. The van der Waals surface area contributed by atoms with Gasteiger partial charge in [0.25, 0.3) is 0 Å². The Morgan fingerprint density at radius 1 is 1.35 bits per heavy atom. The summed E-state index contributed by atoms with van der Waals surface area (Å²) in [5.41, 5.74) is 10.7. The minimum absolute atomic E-state index is 0.0262. The Labute approximate surface area is 124 Å². The van der Waals surface area contributed by atoms with Crippen molar-refractivity contribution < 1.29 is 4.79 Å². The molecule has 1 heterocycles. The molecule has 1 aliphatic heterocycles. The molecule has 0 saturated carbocycles. The number of halogens is 2. The normalized spacial score (nSPS) is 18.6.